The molecule has 0 aliphatic carbocycles. The SMILES string of the molecule is Nc1cc(Br)c(F)cc1OCCCCCCO. The van der Waals surface area contributed by atoms with Crippen molar-refractivity contribution in [2.24, 2.45) is 0 Å². The van der Waals surface area contributed by atoms with Gasteiger partial charge in [0.25, 0.3) is 0 Å². The van der Waals surface area contributed by atoms with E-state index in [4.69, 9.17) is 15.6 Å². The first kappa shape index (κ1) is 14.3. The second-order valence-electron chi connectivity index (χ2n) is 3.79. The van der Waals surface area contributed by atoms with E-state index >= 15 is 0 Å². The zero-order valence-electron chi connectivity index (χ0n) is 9.59. The molecule has 0 aromatic heterocycles. The molecule has 17 heavy (non-hydrogen) atoms. The van der Waals surface area contributed by atoms with Crippen molar-refractivity contribution in [3.8, 4) is 5.75 Å². The van der Waals surface area contributed by atoms with Gasteiger partial charge in [-0.1, -0.05) is 6.42 Å². The van der Waals surface area contributed by atoms with Gasteiger partial charge in [0.05, 0.1) is 16.8 Å². The maximum atomic E-state index is 13.2. The van der Waals surface area contributed by atoms with Crippen LogP contribution in [0.5, 0.6) is 5.75 Å². The van der Waals surface area contributed by atoms with Gasteiger partial charge in [0.2, 0.25) is 0 Å². The maximum Gasteiger partial charge on any atom is 0.145 e. The number of aliphatic hydroxyl groups is 1. The first-order chi connectivity index (χ1) is 8.15. The number of unbranched alkanes of at least 4 members (excludes halogenated alkanes) is 3. The Morgan fingerprint density at radius 1 is 1.24 bits per heavy atom. The van der Waals surface area contributed by atoms with Crippen LogP contribution in [0.25, 0.3) is 0 Å². The largest absolute Gasteiger partial charge is 0.491 e. The molecule has 0 unspecified atom stereocenters. The molecular formula is C12H17BrFNO2. The lowest BCUT2D eigenvalue weighted by atomic mass is 10.2. The molecule has 0 spiro atoms. The number of nitrogens with two attached hydrogens (primary N) is 1. The highest BCUT2D eigenvalue weighted by Crippen LogP contribution is 2.28. The normalized spacial score (nSPS) is 10.5. The number of aliphatic hydroxyl groups excluding tert-OH is 1. The molecule has 0 saturated carbocycles. The average molecular weight is 306 g/mol. The van der Waals surface area contributed by atoms with Gasteiger partial charge in [0, 0.05) is 12.7 Å². The van der Waals surface area contributed by atoms with E-state index < -0.39 is 0 Å². The molecule has 1 aromatic carbocycles. The number of benzene rings is 1. The minimum atomic E-state index is -0.380. The van der Waals surface area contributed by atoms with Crippen LogP contribution in [0.3, 0.4) is 0 Å². The third kappa shape index (κ3) is 4.91. The second kappa shape index (κ2) is 7.50. The number of hydrogen-bond donors (Lipinski definition) is 2. The molecule has 3 N–H and O–H groups in total. The van der Waals surface area contributed by atoms with E-state index in [-0.39, 0.29) is 12.4 Å². The van der Waals surface area contributed by atoms with E-state index in [0.29, 0.717) is 22.5 Å². The molecular weight excluding hydrogens is 289 g/mol. The highest BCUT2D eigenvalue weighted by molar-refractivity contribution is 9.10. The van der Waals surface area contributed by atoms with Crippen LogP contribution < -0.4 is 10.5 Å². The van der Waals surface area contributed by atoms with Crippen molar-refractivity contribution in [3.05, 3.63) is 22.4 Å². The smallest absolute Gasteiger partial charge is 0.145 e. The molecule has 0 fully saturated rings. The van der Waals surface area contributed by atoms with E-state index in [1.165, 1.54) is 12.1 Å². The maximum absolute atomic E-state index is 13.2. The lowest BCUT2D eigenvalue weighted by Crippen LogP contribution is -2.01. The molecule has 0 amide bonds. The number of hydrogen-bond acceptors (Lipinski definition) is 3. The molecule has 0 aliphatic heterocycles. The van der Waals surface area contributed by atoms with Crippen molar-refractivity contribution in [2.75, 3.05) is 18.9 Å². The lowest BCUT2D eigenvalue weighted by Gasteiger charge is -2.09. The summed E-state index contributed by atoms with van der Waals surface area (Å²) in [5.41, 5.74) is 6.12. The minimum absolute atomic E-state index is 0.228. The van der Waals surface area contributed by atoms with Gasteiger partial charge in [-0.25, -0.2) is 4.39 Å². The molecule has 0 atom stereocenters. The molecule has 96 valence electrons. The van der Waals surface area contributed by atoms with E-state index in [9.17, 15) is 4.39 Å². The fourth-order valence-corrected chi connectivity index (χ4v) is 1.78. The van der Waals surface area contributed by atoms with E-state index in [1.54, 1.807) is 0 Å². The van der Waals surface area contributed by atoms with Crippen LogP contribution in [-0.2, 0) is 0 Å². The predicted molar refractivity (Wildman–Crippen MR) is 69.6 cm³/mol. The zero-order chi connectivity index (χ0) is 12.7. The Bertz CT molecular complexity index is 361. The second-order valence-corrected chi connectivity index (χ2v) is 4.64. The molecule has 0 radical (unpaired) electrons. The van der Waals surface area contributed by atoms with Gasteiger partial charge in [-0.2, -0.15) is 0 Å². The van der Waals surface area contributed by atoms with E-state index in [0.717, 1.165) is 25.7 Å². The van der Waals surface area contributed by atoms with Gasteiger partial charge in [-0.05, 0) is 41.3 Å². The van der Waals surface area contributed by atoms with Crippen LogP contribution in [0.1, 0.15) is 25.7 Å². The molecule has 0 heterocycles. The first-order valence-electron chi connectivity index (χ1n) is 5.63. The van der Waals surface area contributed by atoms with Crippen molar-refractivity contribution in [1.82, 2.24) is 0 Å². The summed E-state index contributed by atoms with van der Waals surface area (Å²) in [6, 6.07) is 2.78. The fourth-order valence-electron chi connectivity index (χ4n) is 1.42. The molecule has 0 aliphatic rings. The molecule has 3 nitrogen and oxygen atoms in total. The fraction of sp³-hybridized carbons (Fsp3) is 0.500. The van der Waals surface area contributed by atoms with Gasteiger partial charge >= 0.3 is 0 Å². The topological polar surface area (TPSA) is 55.5 Å². The summed E-state index contributed by atoms with van der Waals surface area (Å²) in [6.07, 6.45) is 3.65. The number of anilines is 1. The Hall–Kier alpha value is -0.810. The summed E-state index contributed by atoms with van der Waals surface area (Å²) >= 11 is 3.06. The van der Waals surface area contributed by atoms with Gasteiger partial charge in [-0.15, -0.1) is 0 Å². The molecule has 5 heteroatoms. The van der Waals surface area contributed by atoms with Crippen LogP contribution in [0, 0.1) is 5.82 Å². The standard InChI is InChI=1S/C12H17BrFNO2/c13-9-7-11(15)12(8-10(9)14)17-6-4-2-1-3-5-16/h7-8,16H,1-6,15H2. The van der Waals surface area contributed by atoms with Crippen molar-refractivity contribution in [2.45, 2.75) is 25.7 Å². The summed E-state index contributed by atoms with van der Waals surface area (Å²) in [6.45, 7) is 0.739. The van der Waals surface area contributed by atoms with Crippen LogP contribution in [0.4, 0.5) is 10.1 Å². The average Bonchev–Trinajstić information content (AvgIpc) is 2.30. The molecule has 1 aromatic rings. The Kier molecular flexibility index (Phi) is 6.29. The van der Waals surface area contributed by atoms with Crippen molar-refractivity contribution < 1.29 is 14.2 Å². The summed E-state index contributed by atoms with van der Waals surface area (Å²) in [5.74, 6) is 0.00217. The zero-order valence-corrected chi connectivity index (χ0v) is 11.2. The van der Waals surface area contributed by atoms with Crippen molar-refractivity contribution in [1.29, 1.82) is 0 Å². The number of ether oxygens (including phenoxy) is 1. The van der Waals surface area contributed by atoms with Gasteiger partial charge < -0.3 is 15.6 Å². The third-order valence-electron chi connectivity index (χ3n) is 2.36. The van der Waals surface area contributed by atoms with Crippen LogP contribution >= 0.6 is 15.9 Å². The summed E-state index contributed by atoms with van der Waals surface area (Å²) in [7, 11) is 0. The van der Waals surface area contributed by atoms with E-state index in [2.05, 4.69) is 15.9 Å². The molecule has 0 bridgehead atoms. The molecule has 1 rings (SSSR count). The Morgan fingerprint density at radius 2 is 1.94 bits per heavy atom. The third-order valence-corrected chi connectivity index (χ3v) is 2.97. The summed E-state index contributed by atoms with van der Waals surface area (Å²) in [4.78, 5) is 0. The van der Waals surface area contributed by atoms with Gasteiger partial charge in [0.15, 0.2) is 0 Å². The van der Waals surface area contributed by atoms with Gasteiger partial charge in [-0.3, -0.25) is 0 Å². The monoisotopic (exact) mass is 305 g/mol. The summed E-state index contributed by atoms with van der Waals surface area (Å²) in [5, 5.41) is 8.60. The van der Waals surface area contributed by atoms with Crippen LogP contribution in [0.2, 0.25) is 0 Å². The Labute approximate surface area is 109 Å². The minimum Gasteiger partial charge on any atom is -0.491 e. The predicted octanol–water partition coefficient (Wildman–Crippen LogP) is 3.10. The van der Waals surface area contributed by atoms with Crippen LogP contribution in [-0.4, -0.2) is 18.3 Å². The van der Waals surface area contributed by atoms with E-state index in [1.807, 2.05) is 0 Å². The Morgan fingerprint density at radius 3 is 2.65 bits per heavy atom. The highest BCUT2D eigenvalue weighted by atomic mass is 79.9. The quantitative estimate of drug-likeness (QED) is 0.601. The lowest BCUT2D eigenvalue weighted by molar-refractivity contribution is 0.273. The number of halogens is 2. The van der Waals surface area contributed by atoms with Gasteiger partial charge in [0.1, 0.15) is 11.6 Å². The van der Waals surface area contributed by atoms with Crippen molar-refractivity contribution in [3.63, 3.8) is 0 Å². The van der Waals surface area contributed by atoms with Crippen molar-refractivity contribution >= 4 is 21.6 Å². The first-order valence-corrected chi connectivity index (χ1v) is 6.42. The summed E-state index contributed by atoms with van der Waals surface area (Å²) < 4.78 is 19.0. The Balaban J connectivity index is 2.34. The molecule has 0 saturated heterocycles. The highest BCUT2D eigenvalue weighted by Gasteiger charge is 2.06. The van der Waals surface area contributed by atoms with Crippen LogP contribution in [0.15, 0.2) is 16.6 Å². The number of rotatable bonds is 7. The number of nitrogen functional groups attached to an aromatic ring is 1.